The highest BCUT2D eigenvalue weighted by Gasteiger charge is 2.19. The lowest BCUT2D eigenvalue weighted by Gasteiger charge is -2.18. The van der Waals surface area contributed by atoms with Gasteiger partial charge in [-0.05, 0) is 89.9 Å². The molecule has 71 heavy (non-hydrogen) atoms. The van der Waals surface area contributed by atoms with Gasteiger partial charge in [0.15, 0.2) is 6.10 Å². The van der Waals surface area contributed by atoms with Gasteiger partial charge in [-0.3, -0.25) is 14.4 Å². The molecule has 0 spiro atoms. The van der Waals surface area contributed by atoms with E-state index >= 15 is 0 Å². The molecular formula is C65H114O6. The van der Waals surface area contributed by atoms with Crippen LogP contribution in [0, 0.1) is 0 Å². The third kappa shape index (κ3) is 57.6. The molecular weight excluding hydrogens is 877 g/mol. The van der Waals surface area contributed by atoms with Crippen LogP contribution in [0.3, 0.4) is 0 Å². The van der Waals surface area contributed by atoms with Crippen LogP contribution in [0.25, 0.3) is 0 Å². The second-order valence-electron chi connectivity index (χ2n) is 20.2. The highest BCUT2D eigenvalue weighted by Crippen LogP contribution is 2.16. The molecule has 0 fully saturated rings. The molecule has 410 valence electrons. The quantitative estimate of drug-likeness (QED) is 0.0261. The van der Waals surface area contributed by atoms with E-state index in [0.717, 1.165) is 109 Å². The molecule has 0 saturated heterocycles. The van der Waals surface area contributed by atoms with Crippen LogP contribution in [0.5, 0.6) is 0 Å². The fourth-order valence-electron chi connectivity index (χ4n) is 8.64. The predicted molar refractivity (Wildman–Crippen MR) is 307 cm³/mol. The second-order valence-corrected chi connectivity index (χ2v) is 20.2. The number of carbonyl (C=O) groups excluding carboxylic acids is 3. The topological polar surface area (TPSA) is 78.9 Å². The van der Waals surface area contributed by atoms with Gasteiger partial charge >= 0.3 is 17.9 Å². The average molecular weight is 992 g/mol. The zero-order chi connectivity index (χ0) is 51.4. The van der Waals surface area contributed by atoms with E-state index in [1.807, 2.05) is 0 Å². The van der Waals surface area contributed by atoms with E-state index in [1.54, 1.807) is 0 Å². The van der Waals surface area contributed by atoms with E-state index in [4.69, 9.17) is 14.2 Å². The Hall–Kier alpha value is -3.15. The number of unbranched alkanes of at least 4 members (excludes halogenated alkanes) is 32. The molecule has 0 N–H and O–H groups in total. The van der Waals surface area contributed by atoms with Crippen molar-refractivity contribution in [3.8, 4) is 0 Å². The van der Waals surface area contributed by atoms with Crippen LogP contribution in [-0.4, -0.2) is 37.2 Å². The van der Waals surface area contributed by atoms with Crippen molar-refractivity contribution in [1.29, 1.82) is 0 Å². The summed E-state index contributed by atoms with van der Waals surface area (Å²) in [7, 11) is 0. The van der Waals surface area contributed by atoms with E-state index in [9.17, 15) is 14.4 Å². The predicted octanol–water partition coefficient (Wildman–Crippen LogP) is 20.5. The molecule has 0 unspecified atom stereocenters. The van der Waals surface area contributed by atoms with Crippen molar-refractivity contribution in [2.24, 2.45) is 0 Å². The Morgan fingerprint density at radius 2 is 0.549 bits per heavy atom. The third-order valence-corrected chi connectivity index (χ3v) is 13.2. The highest BCUT2D eigenvalue weighted by molar-refractivity contribution is 5.71. The lowest BCUT2D eigenvalue weighted by Crippen LogP contribution is -2.30. The first-order valence-electron chi connectivity index (χ1n) is 30.4. The zero-order valence-electron chi connectivity index (χ0n) is 47.0. The Morgan fingerprint density at radius 1 is 0.296 bits per heavy atom. The summed E-state index contributed by atoms with van der Waals surface area (Å²) in [6, 6.07) is 0. The molecule has 0 aliphatic rings. The smallest absolute Gasteiger partial charge is 0.306 e. The van der Waals surface area contributed by atoms with Gasteiger partial charge in [0.05, 0.1) is 0 Å². The maximum atomic E-state index is 12.9. The Kier molecular flexibility index (Phi) is 56.8. The van der Waals surface area contributed by atoms with Crippen molar-refractivity contribution >= 4 is 17.9 Å². The van der Waals surface area contributed by atoms with Crippen LogP contribution < -0.4 is 0 Å². The lowest BCUT2D eigenvalue weighted by atomic mass is 10.0. The number of esters is 3. The summed E-state index contributed by atoms with van der Waals surface area (Å²) in [4.78, 5) is 38.3. The molecule has 0 aromatic heterocycles. The van der Waals surface area contributed by atoms with Gasteiger partial charge in [-0.15, -0.1) is 0 Å². The van der Waals surface area contributed by atoms with Gasteiger partial charge in [-0.25, -0.2) is 0 Å². The average Bonchev–Trinajstić information content (AvgIpc) is 3.37. The Morgan fingerprint density at radius 3 is 0.887 bits per heavy atom. The third-order valence-electron chi connectivity index (χ3n) is 13.2. The summed E-state index contributed by atoms with van der Waals surface area (Å²) < 4.78 is 16.9. The van der Waals surface area contributed by atoms with Gasteiger partial charge in [-0.1, -0.05) is 267 Å². The van der Waals surface area contributed by atoms with Crippen LogP contribution in [0.1, 0.15) is 303 Å². The molecule has 0 aromatic rings. The number of allylic oxidation sites excluding steroid dienone is 12. The van der Waals surface area contributed by atoms with E-state index < -0.39 is 6.10 Å². The van der Waals surface area contributed by atoms with Gasteiger partial charge in [0.1, 0.15) is 13.2 Å². The van der Waals surface area contributed by atoms with Crippen LogP contribution in [-0.2, 0) is 28.6 Å². The van der Waals surface area contributed by atoms with Crippen molar-refractivity contribution in [2.75, 3.05) is 13.2 Å². The van der Waals surface area contributed by atoms with Crippen LogP contribution in [0.15, 0.2) is 72.9 Å². The number of carbonyl (C=O) groups is 3. The Bertz CT molecular complexity index is 1320. The molecule has 0 aromatic carbocycles. The SMILES string of the molecule is CC/C=C\C/C=C\C/C=C\C/C=C\CCCCCCC(=O)OC[C@H](COC(=O)CCCCCCCCCCCCCCCCCCCCC)OC(=O)CCCCCCCCC/C=C\C/C=C\CCCCC. The van der Waals surface area contributed by atoms with Crippen molar-refractivity contribution in [2.45, 2.75) is 309 Å². The molecule has 0 aliphatic carbocycles. The van der Waals surface area contributed by atoms with Gasteiger partial charge in [0.25, 0.3) is 0 Å². The fraction of sp³-hybridized carbons (Fsp3) is 0.769. The highest BCUT2D eigenvalue weighted by atomic mass is 16.6. The van der Waals surface area contributed by atoms with Crippen molar-refractivity contribution in [3.05, 3.63) is 72.9 Å². The maximum absolute atomic E-state index is 12.9. The minimum absolute atomic E-state index is 0.0841. The largest absolute Gasteiger partial charge is 0.462 e. The maximum Gasteiger partial charge on any atom is 0.306 e. The lowest BCUT2D eigenvalue weighted by molar-refractivity contribution is -0.167. The number of hydrogen-bond donors (Lipinski definition) is 0. The Balaban J connectivity index is 4.40. The van der Waals surface area contributed by atoms with E-state index in [1.165, 1.54) is 154 Å². The van der Waals surface area contributed by atoms with Gasteiger partial charge in [-0.2, -0.15) is 0 Å². The molecule has 6 heteroatoms. The van der Waals surface area contributed by atoms with E-state index in [0.29, 0.717) is 19.3 Å². The van der Waals surface area contributed by atoms with E-state index in [2.05, 4.69) is 93.7 Å². The van der Waals surface area contributed by atoms with Crippen molar-refractivity contribution < 1.29 is 28.6 Å². The molecule has 0 rings (SSSR count). The summed E-state index contributed by atoms with van der Waals surface area (Å²) in [5, 5.41) is 0. The molecule has 1 atom stereocenters. The molecule has 0 radical (unpaired) electrons. The number of ether oxygens (including phenoxy) is 3. The van der Waals surface area contributed by atoms with Crippen molar-refractivity contribution in [1.82, 2.24) is 0 Å². The molecule has 0 saturated carbocycles. The second kappa shape index (κ2) is 59.4. The monoisotopic (exact) mass is 991 g/mol. The molecule has 0 heterocycles. The normalized spacial score (nSPS) is 12.5. The van der Waals surface area contributed by atoms with Crippen LogP contribution in [0.4, 0.5) is 0 Å². The first-order chi connectivity index (χ1) is 35.0. The number of hydrogen-bond acceptors (Lipinski definition) is 6. The summed E-state index contributed by atoms with van der Waals surface area (Å²) in [6.45, 7) is 6.51. The van der Waals surface area contributed by atoms with Gasteiger partial charge in [0, 0.05) is 19.3 Å². The number of rotatable bonds is 55. The summed E-state index contributed by atoms with van der Waals surface area (Å²) >= 11 is 0. The molecule has 0 bridgehead atoms. The summed E-state index contributed by atoms with van der Waals surface area (Å²) in [5.74, 6) is -0.903. The first-order valence-corrected chi connectivity index (χ1v) is 30.4. The van der Waals surface area contributed by atoms with Gasteiger partial charge in [0.2, 0.25) is 0 Å². The minimum Gasteiger partial charge on any atom is -0.462 e. The van der Waals surface area contributed by atoms with Crippen LogP contribution >= 0.6 is 0 Å². The summed E-state index contributed by atoms with van der Waals surface area (Å²) in [6.07, 6.45) is 76.1. The molecule has 6 nitrogen and oxygen atoms in total. The van der Waals surface area contributed by atoms with E-state index in [-0.39, 0.29) is 31.1 Å². The van der Waals surface area contributed by atoms with Gasteiger partial charge < -0.3 is 14.2 Å². The van der Waals surface area contributed by atoms with Crippen LogP contribution in [0.2, 0.25) is 0 Å². The Labute approximate surface area is 440 Å². The summed E-state index contributed by atoms with van der Waals surface area (Å²) in [5.41, 5.74) is 0. The fourth-order valence-corrected chi connectivity index (χ4v) is 8.64. The zero-order valence-corrected chi connectivity index (χ0v) is 47.0. The minimum atomic E-state index is -0.789. The first kappa shape index (κ1) is 67.8. The standard InChI is InChI=1S/C65H114O6/c1-4-7-10-13-16-19-22-25-28-31-32-35-37-40-43-46-49-52-55-58-64(67)70-61-62(71-65(68)59-56-53-50-47-44-41-38-34-30-27-24-21-18-15-12-9-6-3)60-69-63(66)57-54-51-48-45-42-39-36-33-29-26-23-20-17-14-11-8-5-2/h8,11,17-18,20-21,26-27,29-30,36,39,62H,4-7,9-10,12-16,19,22-25,28,31-35,37-38,40-61H2,1-3H3/b11-8-,20-17-,21-18-,29-26-,30-27-,39-36-/t62-/m1/s1. The molecule has 0 amide bonds. The molecule has 0 aliphatic heterocycles. The van der Waals surface area contributed by atoms with Crippen molar-refractivity contribution in [3.63, 3.8) is 0 Å².